The monoisotopic (exact) mass is 342 g/mol. The molecule has 9 heteroatoms. The molecule has 0 saturated carbocycles. The minimum absolute atomic E-state index is 0.266. The molecule has 3 aromatic rings. The second-order valence-corrected chi connectivity index (χ2v) is 4.93. The van der Waals surface area contributed by atoms with E-state index in [1.54, 1.807) is 37.6 Å². The minimum atomic E-state index is -0.278. The van der Waals surface area contributed by atoms with Crippen LogP contribution in [0.25, 0.3) is 0 Å². The molecule has 0 spiro atoms. The van der Waals surface area contributed by atoms with Gasteiger partial charge in [0.25, 0.3) is 5.95 Å². The number of tetrazole rings is 1. The first-order valence-electron chi connectivity index (χ1n) is 7.32. The van der Waals surface area contributed by atoms with Crippen molar-refractivity contribution in [2.45, 2.75) is 6.61 Å². The van der Waals surface area contributed by atoms with Crippen LogP contribution in [0.3, 0.4) is 0 Å². The van der Waals surface area contributed by atoms with Gasteiger partial charge >= 0.3 is 0 Å². The van der Waals surface area contributed by atoms with Gasteiger partial charge in [0.15, 0.2) is 11.5 Å². The van der Waals surface area contributed by atoms with Crippen molar-refractivity contribution < 1.29 is 13.9 Å². The molecule has 0 aliphatic carbocycles. The molecule has 8 nitrogen and oxygen atoms in total. The normalized spacial score (nSPS) is 10.8. The van der Waals surface area contributed by atoms with Crippen LogP contribution in [0.15, 0.2) is 47.6 Å². The van der Waals surface area contributed by atoms with Gasteiger partial charge in [-0.2, -0.15) is 10.3 Å². The largest absolute Gasteiger partial charge is 0.493 e. The van der Waals surface area contributed by atoms with Crippen LogP contribution in [0.2, 0.25) is 0 Å². The maximum atomic E-state index is 12.9. The predicted octanol–water partition coefficient (Wildman–Crippen LogP) is 2.37. The molecule has 0 amide bonds. The second-order valence-electron chi connectivity index (χ2n) is 4.93. The van der Waals surface area contributed by atoms with E-state index in [9.17, 15) is 4.39 Å². The number of hydrogen-bond acceptors (Lipinski definition) is 7. The van der Waals surface area contributed by atoms with E-state index >= 15 is 0 Å². The number of halogens is 1. The standard InChI is InChI=1S/C16H15FN6O2/c1-24-15-8-12(9-18-19-16-20-22-23-21-16)4-7-14(15)25-10-11-2-5-13(17)6-3-11/h2-9H,10H2,1H3,(H2,19,20,21,22,23)/b18-9+. The van der Waals surface area contributed by atoms with Gasteiger partial charge in [0.1, 0.15) is 12.4 Å². The fourth-order valence-electron chi connectivity index (χ4n) is 2.00. The highest BCUT2D eigenvalue weighted by Gasteiger charge is 2.06. The molecule has 0 bridgehead atoms. The summed E-state index contributed by atoms with van der Waals surface area (Å²) < 4.78 is 24.0. The summed E-state index contributed by atoms with van der Waals surface area (Å²) in [5.74, 6) is 1.13. The molecule has 2 aromatic carbocycles. The Morgan fingerprint density at radius 2 is 2.04 bits per heavy atom. The van der Waals surface area contributed by atoms with E-state index < -0.39 is 0 Å². The van der Waals surface area contributed by atoms with Crippen molar-refractivity contribution in [1.29, 1.82) is 0 Å². The first kappa shape index (κ1) is 16.4. The van der Waals surface area contributed by atoms with E-state index in [2.05, 4.69) is 31.2 Å². The number of methoxy groups -OCH3 is 1. The highest BCUT2D eigenvalue weighted by molar-refractivity contribution is 5.81. The number of aromatic nitrogens is 4. The van der Waals surface area contributed by atoms with Gasteiger partial charge in [-0.25, -0.2) is 9.82 Å². The van der Waals surface area contributed by atoms with Crippen molar-refractivity contribution in [1.82, 2.24) is 20.6 Å². The van der Waals surface area contributed by atoms with Crippen LogP contribution in [-0.4, -0.2) is 33.9 Å². The fourth-order valence-corrected chi connectivity index (χ4v) is 2.00. The number of H-pyrrole nitrogens is 1. The van der Waals surface area contributed by atoms with Crippen LogP contribution in [0.4, 0.5) is 10.3 Å². The van der Waals surface area contributed by atoms with Crippen molar-refractivity contribution in [3.05, 3.63) is 59.4 Å². The highest BCUT2D eigenvalue weighted by Crippen LogP contribution is 2.28. The van der Waals surface area contributed by atoms with Crippen molar-refractivity contribution in [3.8, 4) is 11.5 Å². The lowest BCUT2D eigenvalue weighted by atomic mass is 10.2. The summed E-state index contributed by atoms with van der Waals surface area (Å²) in [5.41, 5.74) is 4.28. The fraction of sp³-hybridized carbons (Fsp3) is 0.125. The molecule has 0 aliphatic heterocycles. The number of aromatic amines is 1. The third-order valence-electron chi connectivity index (χ3n) is 3.22. The van der Waals surface area contributed by atoms with E-state index in [-0.39, 0.29) is 11.8 Å². The van der Waals surface area contributed by atoms with Gasteiger partial charge in [0.2, 0.25) is 0 Å². The van der Waals surface area contributed by atoms with Gasteiger partial charge in [-0.3, -0.25) is 0 Å². The molecule has 2 N–H and O–H groups in total. The molecule has 0 fully saturated rings. The van der Waals surface area contributed by atoms with Crippen molar-refractivity contribution in [3.63, 3.8) is 0 Å². The quantitative estimate of drug-likeness (QED) is 0.505. The number of nitrogens with one attached hydrogen (secondary N) is 2. The Morgan fingerprint density at radius 3 is 2.76 bits per heavy atom. The van der Waals surface area contributed by atoms with Gasteiger partial charge in [-0.15, -0.1) is 5.10 Å². The SMILES string of the molecule is COc1cc(/C=N/Nc2nn[nH]n2)ccc1OCc1ccc(F)cc1. The molecule has 0 atom stereocenters. The average Bonchev–Trinajstić information content (AvgIpc) is 3.15. The number of hydrazone groups is 1. The summed E-state index contributed by atoms with van der Waals surface area (Å²) in [4.78, 5) is 0. The summed E-state index contributed by atoms with van der Waals surface area (Å²) in [6.07, 6.45) is 1.59. The third-order valence-corrected chi connectivity index (χ3v) is 3.22. The Bertz CT molecular complexity index is 836. The lowest BCUT2D eigenvalue weighted by Crippen LogP contribution is -1.99. The summed E-state index contributed by atoms with van der Waals surface area (Å²) in [7, 11) is 1.55. The van der Waals surface area contributed by atoms with E-state index in [0.29, 0.717) is 18.1 Å². The van der Waals surface area contributed by atoms with Gasteiger partial charge in [-0.05, 0) is 46.7 Å². The van der Waals surface area contributed by atoms with Gasteiger partial charge in [0.05, 0.1) is 13.3 Å². The first-order valence-corrected chi connectivity index (χ1v) is 7.32. The van der Waals surface area contributed by atoms with Crippen LogP contribution >= 0.6 is 0 Å². The van der Waals surface area contributed by atoms with E-state index in [1.165, 1.54) is 12.1 Å². The summed E-state index contributed by atoms with van der Waals surface area (Å²) in [6.45, 7) is 0.309. The first-order chi connectivity index (χ1) is 12.2. The van der Waals surface area contributed by atoms with Gasteiger partial charge in [-0.1, -0.05) is 17.2 Å². The molecule has 0 radical (unpaired) electrons. The van der Waals surface area contributed by atoms with E-state index in [4.69, 9.17) is 9.47 Å². The number of nitrogens with zero attached hydrogens (tertiary/aromatic N) is 4. The summed E-state index contributed by atoms with van der Waals surface area (Å²) in [6, 6.07) is 11.5. The predicted molar refractivity (Wildman–Crippen MR) is 89.1 cm³/mol. The lowest BCUT2D eigenvalue weighted by Gasteiger charge is -2.11. The molecule has 25 heavy (non-hydrogen) atoms. The maximum Gasteiger partial charge on any atom is 0.283 e. The van der Waals surface area contributed by atoms with Crippen LogP contribution in [0, 0.1) is 5.82 Å². The third kappa shape index (κ3) is 4.50. The van der Waals surface area contributed by atoms with Crippen LogP contribution < -0.4 is 14.9 Å². The van der Waals surface area contributed by atoms with Crippen LogP contribution in [0.1, 0.15) is 11.1 Å². The molecule has 1 heterocycles. The number of benzene rings is 2. The maximum absolute atomic E-state index is 12.9. The average molecular weight is 342 g/mol. The van der Waals surface area contributed by atoms with Crippen molar-refractivity contribution in [2.75, 3.05) is 12.5 Å². The smallest absolute Gasteiger partial charge is 0.283 e. The lowest BCUT2D eigenvalue weighted by molar-refractivity contribution is 0.284. The molecular formula is C16H15FN6O2. The molecule has 128 valence electrons. The van der Waals surface area contributed by atoms with E-state index in [1.807, 2.05) is 6.07 Å². The van der Waals surface area contributed by atoms with Crippen LogP contribution in [-0.2, 0) is 6.61 Å². The zero-order valence-corrected chi connectivity index (χ0v) is 13.3. The topological polar surface area (TPSA) is 97.3 Å². The molecule has 0 aliphatic rings. The highest BCUT2D eigenvalue weighted by atomic mass is 19.1. The van der Waals surface area contributed by atoms with Gasteiger partial charge < -0.3 is 9.47 Å². The number of ether oxygens (including phenoxy) is 2. The Kier molecular flexibility index (Phi) is 5.15. The molecule has 3 rings (SSSR count). The van der Waals surface area contributed by atoms with E-state index in [0.717, 1.165) is 11.1 Å². The zero-order chi connectivity index (χ0) is 17.5. The Morgan fingerprint density at radius 1 is 1.20 bits per heavy atom. The summed E-state index contributed by atoms with van der Waals surface area (Å²) >= 11 is 0. The minimum Gasteiger partial charge on any atom is -0.493 e. The number of hydrogen-bond donors (Lipinski definition) is 2. The molecule has 0 saturated heterocycles. The Hall–Kier alpha value is -3.49. The number of rotatable bonds is 7. The number of anilines is 1. The molecular weight excluding hydrogens is 327 g/mol. The molecule has 1 aromatic heterocycles. The van der Waals surface area contributed by atoms with Crippen molar-refractivity contribution >= 4 is 12.2 Å². The van der Waals surface area contributed by atoms with Crippen molar-refractivity contribution in [2.24, 2.45) is 5.10 Å². The van der Waals surface area contributed by atoms with Crippen LogP contribution in [0.5, 0.6) is 11.5 Å². The Balaban J connectivity index is 1.64. The molecule has 0 unspecified atom stereocenters. The Labute approximate surface area is 142 Å². The summed E-state index contributed by atoms with van der Waals surface area (Å²) in [5, 5.41) is 17.1. The zero-order valence-electron chi connectivity index (χ0n) is 13.3. The van der Waals surface area contributed by atoms with Gasteiger partial charge in [0, 0.05) is 0 Å². The second kappa shape index (κ2) is 7.86.